The molecule has 6 nitrogen and oxygen atoms in total. The third kappa shape index (κ3) is 7.55. The molecule has 1 aliphatic heterocycles. The zero-order chi connectivity index (χ0) is 21.8. The molecule has 0 bridgehead atoms. The molecule has 1 saturated heterocycles. The molecule has 0 N–H and O–H groups in total. The van der Waals surface area contributed by atoms with Crippen molar-refractivity contribution in [3.8, 4) is 0 Å². The first kappa shape index (κ1) is 24.1. The SMILES string of the molecule is C[C@@H]1[C@H](C)[C@@H](Cc2ccc(N=[N+]=[N-])cc2)O[C@H](CO[Si](C)(C)C)[C@H]1O[Si](C)(C)C. The Morgan fingerprint density at radius 2 is 1.59 bits per heavy atom. The Balaban J connectivity index is 2.18. The fourth-order valence-electron chi connectivity index (χ4n) is 3.68. The molecule has 0 aromatic heterocycles. The predicted molar refractivity (Wildman–Crippen MR) is 123 cm³/mol. The number of hydrogen-bond acceptors (Lipinski definition) is 4. The van der Waals surface area contributed by atoms with Crippen molar-refractivity contribution in [1.82, 2.24) is 0 Å². The maximum Gasteiger partial charge on any atom is 0.184 e. The van der Waals surface area contributed by atoms with E-state index in [1.807, 2.05) is 24.3 Å². The summed E-state index contributed by atoms with van der Waals surface area (Å²) >= 11 is 0. The monoisotopic (exact) mass is 435 g/mol. The number of azide groups is 1. The van der Waals surface area contributed by atoms with Crippen molar-refractivity contribution in [1.29, 1.82) is 0 Å². The van der Waals surface area contributed by atoms with E-state index in [2.05, 4.69) is 63.2 Å². The van der Waals surface area contributed by atoms with Gasteiger partial charge in [-0.3, -0.25) is 0 Å². The summed E-state index contributed by atoms with van der Waals surface area (Å²) in [4.78, 5) is 2.84. The Labute approximate surface area is 177 Å². The van der Waals surface area contributed by atoms with Crippen LogP contribution in [0.15, 0.2) is 29.4 Å². The van der Waals surface area contributed by atoms with Gasteiger partial charge in [0.25, 0.3) is 0 Å². The average molecular weight is 436 g/mol. The summed E-state index contributed by atoms with van der Waals surface area (Å²) < 4.78 is 19.4. The maximum absolute atomic E-state index is 8.58. The van der Waals surface area contributed by atoms with Gasteiger partial charge < -0.3 is 13.6 Å². The van der Waals surface area contributed by atoms with Crippen molar-refractivity contribution in [2.24, 2.45) is 17.0 Å². The Hall–Kier alpha value is -1.16. The number of rotatable bonds is 8. The van der Waals surface area contributed by atoms with Crippen LogP contribution in [0.25, 0.3) is 10.4 Å². The number of ether oxygens (including phenoxy) is 1. The zero-order valence-electron chi connectivity index (χ0n) is 19.2. The molecule has 8 heteroatoms. The van der Waals surface area contributed by atoms with Crippen molar-refractivity contribution in [3.05, 3.63) is 40.3 Å². The Kier molecular flexibility index (Phi) is 8.12. The van der Waals surface area contributed by atoms with Crippen molar-refractivity contribution in [2.45, 2.75) is 77.9 Å². The molecule has 29 heavy (non-hydrogen) atoms. The molecule has 2 rings (SSSR count). The van der Waals surface area contributed by atoms with E-state index in [1.54, 1.807) is 0 Å². The van der Waals surface area contributed by atoms with Crippen LogP contribution in [0.3, 0.4) is 0 Å². The van der Waals surface area contributed by atoms with Crippen LogP contribution in [0.2, 0.25) is 39.3 Å². The second-order valence-corrected chi connectivity index (χ2v) is 19.1. The van der Waals surface area contributed by atoms with Crippen LogP contribution in [-0.4, -0.2) is 41.6 Å². The highest BCUT2D eigenvalue weighted by Gasteiger charge is 2.44. The van der Waals surface area contributed by atoms with Gasteiger partial charge in [-0.2, -0.15) is 0 Å². The van der Waals surface area contributed by atoms with Gasteiger partial charge in [0.15, 0.2) is 16.6 Å². The van der Waals surface area contributed by atoms with Crippen LogP contribution >= 0.6 is 0 Å². The smallest absolute Gasteiger partial charge is 0.184 e. The summed E-state index contributed by atoms with van der Waals surface area (Å²) in [6.45, 7) is 18.5. The van der Waals surface area contributed by atoms with Gasteiger partial charge in [0.1, 0.15) is 6.10 Å². The lowest BCUT2D eigenvalue weighted by molar-refractivity contribution is -0.171. The van der Waals surface area contributed by atoms with E-state index in [0.717, 1.165) is 6.42 Å². The maximum atomic E-state index is 8.58. The van der Waals surface area contributed by atoms with E-state index in [4.69, 9.17) is 19.1 Å². The topological polar surface area (TPSA) is 76.5 Å². The molecule has 0 amide bonds. The third-order valence-electron chi connectivity index (χ3n) is 5.35. The second kappa shape index (κ2) is 9.77. The number of hydrogen-bond donors (Lipinski definition) is 0. The fourth-order valence-corrected chi connectivity index (χ4v) is 5.52. The van der Waals surface area contributed by atoms with Crippen LogP contribution in [-0.2, 0) is 20.0 Å². The van der Waals surface area contributed by atoms with Crippen molar-refractivity contribution < 1.29 is 13.6 Å². The van der Waals surface area contributed by atoms with E-state index < -0.39 is 16.6 Å². The second-order valence-electron chi connectivity index (χ2n) is 10.1. The minimum Gasteiger partial charge on any atom is -0.415 e. The van der Waals surface area contributed by atoms with E-state index in [0.29, 0.717) is 24.1 Å². The third-order valence-corrected chi connectivity index (χ3v) is 7.37. The summed E-state index contributed by atoms with van der Waals surface area (Å²) in [5.74, 6) is 0.759. The van der Waals surface area contributed by atoms with Gasteiger partial charge in [-0.1, -0.05) is 43.2 Å². The van der Waals surface area contributed by atoms with Crippen molar-refractivity contribution in [2.75, 3.05) is 6.61 Å². The molecular weight excluding hydrogens is 398 g/mol. The lowest BCUT2D eigenvalue weighted by Crippen LogP contribution is -2.56. The summed E-state index contributed by atoms with van der Waals surface area (Å²) in [6, 6.07) is 7.75. The zero-order valence-corrected chi connectivity index (χ0v) is 21.2. The average Bonchev–Trinajstić information content (AvgIpc) is 2.60. The first-order chi connectivity index (χ1) is 13.4. The van der Waals surface area contributed by atoms with Crippen LogP contribution < -0.4 is 0 Å². The minimum absolute atomic E-state index is 0.0490. The molecule has 0 unspecified atom stereocenters. The molecular formula is C21H37N3O3Si2. The van der Waals surface area contributed by atoms with Crippen LogP contribution in [0, 0.1) is 11.8 Å². The predicted octanol–water partition coefficient (Wildman–Crippen LogP) is 6.28. The van der Waals surface area contributed by atoms with Crippen LogP contribution in [0.4, 0.5) is 5.69 Å². The van der Waals surface area contributed by atoms with Gasteiger partial charge in [-0.25, -0.2) is 0 Å². The Morgan fingerprint density at radius 1 is 0.966 bits per heavy atom. The van der Waals surface area contributed by atoms with Gasteiger partial charge in [-0.05, 0) is 68.6 Å². The highest BCUT2D eigenvalue weighted by Crippen LogP contribution is 2.36. The van der Waals surface area contributed by atoms with Gasteiger partial charge in [0.2, 0.25) is 0 Å². The van der Waals surface area contributed by atoms with Crippen LogP contribution in [0.1, 0.15) is 19.4 Å². The largest absolute Gasteiger partial charge is 0.415 e. The summed E-state index contributed by atoms with van der Waals surface area (Å²) in [5, 5.41) is 3.65. The van der Waals surface area contributed by atoms with Gasteiger partial charge >= 0.3 is 0 Å². The minimum atomic E-state index is -1.71. The number of benzene rings is 1. The fraction of sp³-hybridized carbons (Fsp3) is 0.714. The molecule has 1 fully saturated rings. The molecule has 5 atom stereocenters. The van der Waals surface area contributed by atoms with E-state index in [9.17, 15) is 0 Å². The van der Waals surface area contributed by atoms with E-state index in [-0.39, 0.29) is 18.3 Å². The highest BCUT2D eigenvalue weighted by molar-refractivity contribution is 6.70. The van der Waals surface area contributed by atoms with Gasteiger partial charge in [0, 0.05) is 10.6 Å². The summed E-state index contributed by atoms with van der Waals surface area (Å²) in [7, 11) is -3.35. The molecule has 162 valence electrons. The normalized spacial score (nSPS) is 28.1. The molecule has 1 heterocycles. The molecule has 0 aliphatic carbocycles. The molecule has 0 saturated carbocycles. The molecule has 1 aromatic carbocycles. The summed E-state index contributed by atoms with van der Waals surface area (Å²) in [6.07, 6.45) is 0.946. The molecule has 0 spiro atoms. The standard InChI is InChI=1S/C21H37N3O3Si2/c1-15-16(2)21(27-29(6,7)8)20(14-25-28(3,4)5)26-19(15)13-17-9-11-18(12-10-17)23-24-22/h9-12,15-16,19-21H,13-14H2,1-8H3/t15-,16+,19+,20+,21-/m0/s1. The first-order valence-electron chi connectivity index (χ1n) is 10.5. The van der Waals surface area contributed by atoms with Crippen molar-refractivity contribution in [3.63, 3.8) is 0 Å². The number of nitrogens with zero attached hydrogens (tertiary/aromatic N) is 3. The van der Waals surface area contributed by atoms with E-state index >= 15 is 0 Å². The lowest BCUT2D eigenvalue weighted by atomic mass is 9.79. The first-order valence-corrected chi connectivity index (χ1v) is 17.3. The Bertz CT molecular complexity index is 709. The molecule has 0 radical (unpaired) electrons. The lowest BCUT2D eigenvalue weighted by Gasteiger charge is -2.47. The quantitative estimate of drug-likeness (QED) is 0.208. The Morgan fingerprint density at radius 3 is 2.10 bits per heavy atom. The highest BCUT2D eigenvalue weighted by atomic mass is 28.4. The van der Waals surface area contributed by atoms with Crippen LogP contribution in [0.5, 0.6) is 0 Å². The van der Waals surface area contributed by atoms with Crippen molar-refractivity contribution >= 4 is 22.3 Å². The van der Waals surface area contributed by atoms with E-state index in [1.165, 1.54) is 5.56 Å². The van der Waals surface area contributed by atoms with Gasteiger partial charge in [0.05, 0.1) is 18.8 Å². The summed E-state index contributed by atoms with van der Waals surface area (Å²) in [5.41, 5.74) is 10.4. The van der Waals surface area contributed by atoms with Gasteiger partial charge in [-0.15, -0.1) is 0 Å². The molecule has 1 aromatic rings. The molecule has 1 aliphatic rings.